The van der Waals surface area contributed by atoms with Gasteiger partial charge in [0, 0.05) is 22.8 Å². The quantitative estimate of drug-likeness (QED) is 0.438. The fourth-order valence-corrected chi connectivity index (χ4v) is 4.07. The third-order valence-electron chi connectivity index (χ3n) is 5.26. The normalized spacial score (nSPS) is 15.8. The molecule has 138 valence electrons. The molecule has 0 bridgehead atoms. The summed E-state index contributed by atoms with van der Waals surface area (Å²) in [7, 11) is 0. The number of hydrogen-bond acceptors (Lipinski definition) is 2. The SMILES string of the molecule is CCN1c2cc(C)c(/C=C(\C#N)c3ccc(Cl)cc3)cc2C(C)=CC1(C)C. The molecule has 2 aromatic rings. The smallest absolute Gasteiger partial charge is 0.0998 e. The minimum atomic E-state index is -0.00322. The van der Waals surface area contributed by atoms with Gasteiger partial charge in [-0.15, -0.1) is 0 Å². The second-order valence-electron chi connectivity index (χ2n) is 7.63. The average Bonchev–Trinajstić information content (AvgIpc) is 2.61. The van der Waals surface area contributed by atoms with E-state index in [4.69, 9.17) is 11.6 Å². The predicted octanol–water partition coefficient (Wildman–Crippen LogP) is 6.73. The Morgan fingerprint density at radius 2 is 1.85 bits per heavy atom. The fraction of sp³-hybridized carbons (Fsp3) is 0.292. The van der Waals surface area contributed by atoms with Gasteiger partial charge in [0.25, 0.3) is 0 Å². The average molecular weight is 377 g/mol. The van der Waals surface area contributed by atoms with Gasteiger partial charge >= 0.3 is 0 Å². The van der Waals surface area contributed by atoms with Crippen LogP contribution in [0.15, 0.2) is 42.5 Å². The topological polar surface area (TPSA) is 27.0 Å². The van der Waals surface area contributed by atoms with Gasteiger partial charge in [-0.1, -0.05) is 29.8 Å². The van der Waals surface area contributed by atoms with Gasteiger partial charge < -0.3 is 4.90 Å². The van der Waals surface area contributed by atoms with Crippen molar-refractivity contribution < 1.29 is 0 Å². The summed E-state index contributed by atoms with van der Waals surface area (Å²) in [5.74, 6) is 0. The lowest BCUT2D eigenvalue weighted by atomic mass is 9.86. The second-order valence-corrected chi connectivity index (χ2v) is 8.06. The van der Waals surface area contributed by atoms with Crippen LogP contribution in [0.3, 0.4) is 0 Å². The molecule has 3 heteroatoms. The lowest BCUT2D eigenvalue weighted by Crippen LogP contribution is -2.44. The molecule has 0 atom stereocenters. The molecule has 3 rings (SSSR count). The molecule has 0 aromatic heterocycles. The van der Waals surface area contributed by atoms with Crippen LogP contribution in [0.4, 0.5) is 5.69 Å². The van der Waals surface area contributed by atoms with E-state index in [-0.39, 0.29) is 5.54 Å². The first-order chi connectivity index (χ1) is 12.8. The van der Waals surface area contributed by atoms with Crippen LogP contribution in [0, 0.1) is 18.3 Å². The van der Waals surface area contributed by atoms with E-state index in [0.29, 0.717) is 10.6 Å². The highest BCUT2D eigenvalue weighted by atomic mass is 35.5. The van der Waals surface area contributed by atoms with Crippen molar-refractivity contribution in [3.63, 3.8) is 0 Å². The maximum Gasteiger partial charge on any atom is 0.0998 e. The number of anilines is 1. The van der Waals surface area contributed by atoms with Gasteiger partial charge in [0.2, 0.25) is 0 Å². The molecule has 1 aliphatic heterocycles. The Morgan fingerprint density at radius 1 is 1.19 bits per heavy atom. The number of rotatable bonds is 3. The molecular formula is C24H25ClN2. The van der Waals surface area contributed by atoms with Crippen LogP contribution in [0.5, 0.6) is 0 Å². The number of nitrogens with zero attached hydrogens (tertiary/aromatic N) is 2. The Morgan fingerprint density at radius 3 is 2.44 bits per heavy atom. The minimum absolute atomic E-state index is 0.00322. The number of hydrogen-bond donors (Lipinski definition) is 0. The van der Waals surface area contributed by atoms with Crippen LogP contribution in [-0.2, 0) is 0 Å². The van der Waals surface area contributed by atoms with Crippen molar-refractivity contribution in [2.45, 2.75) is 40.2 Å². The van der Waals surface area contributed by atoms with Crippen LogP contribution in [0.2, 0.25) is 5.02 Å². The van der Waals surface area contributed by atoms with Gasteiger partial charge in [-0.25, -0.2) is 0 Å². The summed E-state index contributed by atoms with van der Waals surface area (Å²) < 4.78 is 0. The van der Waals surface area contributed by atoms with Crippen molar-refractivity contribution in [1.29, 1.82) is 5.26 Å². The molecule has 0 radical (unpaired) electrons. The first-order valence-electron chi connectivity index (χ1n) is 9.26. The van der Waals surface area contributed by atoms with E-state index < -0.39 is 0 Å². The van der Waals surface area contributed by atoms with Crippen LogP contribution >= 0.6 is 11.6 Å². The number of allylic oxidation sites excluding steroid dienone is 2. The van der Waals surface area contributed by atoms with E-state index in [1.165, 1.54) is 22.4 Å². The van der Waals surface area contributed by atoms with Crippen LogP contribution < -0.4 is 4.90 Å². The Kier molecular flexibility index (Phi) is 5.18. The first kappa shape index (κ1) is 19.3. The number of fused-ring (bicyclic) bond motifs is 1. The number of nitriles is 1. The van der Waals surface area contributed by atoms with Crippen molar-refractivity contribution >= 4 is 34.5 Å². The number of halogens is 1. The van der Waals surface area contributed by atoms with E-state index in [9.17, 15) is 5.26 Å². The zero-order valence-electron chi connectivity index (χ0n) is 16.6. The van der Waals surface area contributed by atoms with Crippen molar-refractivity contribution in [1.82, 2.24) is 0 Å². The van der Waals surface area contributed by atoms with Gasteiger partial charge in [0.1, 0.15) is 0 Å². The Labute approximate surface area is 167 Å². The maximum absolute atomic E-state index is 9.67. The third-order valence-corrected chi connectivity index (χ3v) is 5.51. The Hall–Kier alpha value is -2.50. The third kappa shape index (κ3) is 3.66. The van der Waals surface area contributed by atoms with Gasteiger partial charge in [-0.2, -0.15) is 5.26 Å². The predicted molar refractivity (Wildman–Crippen MR) is 117 cm³/mol. The molecule has 0 aliphatic carbocycles. The summed E-state index contributed by atoms with van der Waals surface area (Å²) in [6, 6.07) is 14.2. The largest absolute Gasteiger partial charge is 0.363 e. The lowest BCUT2D eigenvalue weighted by molar-refractivity contribution is 0.566. The van der Waals surface area contributed by atoms with E-state index in [1.54, 1.807) is 0 Å². The summed E-state index contributed by atoms with van der Waals surface area (Å²) in [6.45, 7) is 11.9. The second kappa shape index (κ2) is 7.25. The molecule has 0 amide bonds. The van der Waals surface area contributed by atoms with Crippen molar-refractivity contribution in [3.05, 3.63) is 69.8 Å². The van der Waals surface area contributed by atoms with Crippen molar-refractivity contribution in [2.75, 3.05) is 11.4 Å². The molecular weight excluding hydrogens is 352 g/mol. The van der Waals surface area contributed by atoms with Gasteiger partial charge in [0.15, 0.2) is 0 Å². The molecule has 2 nitrogen and oxygen atoms in total. The molecule has 1 aliphatic rings. The molecule has 0 fully saturated rings. The molecule has 0 N–H and O–H groups in total. The van der Waals surface area contributed by atoms with Crippen LogP contribution in [0.25, 0.3) is 17.2 Å². The summed E-state index contributed by atoms with van der Waals surface area (Å²) in [5, 5.41) is 10.3. The summed E-state index contributed by atoms with van der Waals surface area (Å²) in [5.41, 5.74) is 7.53. The minimum Gasteiger partial charge on any atom is -0.363 e. The molecule has 2 aromatic carbocycles. The molecule has 0 saturated heterocycles. The van der Waals surface area contributed by atoms with Crippen molar-refractivity contribution in [2.24, 2.45) is 0 Å². The van der Waals surface area contributed by atoms with Crippen molar-refractivity contribution in [3.8, 4) is 6.07 Å². The zero-order chi connectivity index (χ0) is 19.8. The molecule has 0 spiro atoms. The summed E-state index contributed by atoms with van der Waals surface area (Å²) in [6.07, 6.45) is 4.30. The highest BCUT2D eigenvalue weighted by molar-refractivity contribution is 6.30. The highest BCUT2D eigenvalue weighted by Crippen LogP contribution is 2.40. The molecule has 0 saturated carbocycles. The molecule has 0 unspecified atom stereocenters. The van der Waals surface area contributed by atoms with Gasteiger partial charge in [-0.3, -0.25) is 0 Å². The van der Waals surface area contributed by atoms with E-state index in [2.05, 4.69) is 63.8 Å². The monoisotopic (exact) mass is 376 g/mol. The number of likely N-dealkylation sites (N-methyl/N-ethyl adjacent to an activating group) is 1. The Bertz CT molecular complexity index is 973. The number of benzene rings is 2. The van der Waals surface area contributed by atoms with Gasteiger partial charge in [0.05, 0.1) is 17.2 Å². The van der Waals surface area contributed by atoms with E-state index in [0.717, 1.165) is 17.7 Å². The van der Waals surface area contributed by atoms with Gasteiger partial charge in [-0.05, 0) is 87.2 Å². The van der Waals surface area contributed by atoms with E-state index in [1.807, 2.05) is 30.3 Å². The Balaban J connectivity index is 2.13. The first-order valence-corrected chi connectivity index (χ1v) is 9.64. The molecule has 27 heavy (non-hydrogen) atoms. The molecule has 1 heterocycles. The number of aryl methyl sites for hydroxylation is 1. The lowest BCUT2D eigenvalue weighted by Gasteiger charge is -2.43. The van der Waals surface area contributed by atoms with Crippen LogP contribution in [0.1, 0.15) is 49.9 Å². The summed E-state index contributed by atoms with van der Waals surface area (Å²) in [4.78, 5) is 2.43. The maximum atomic E-state index is 9.67. The van der Waals surface area contributed by atoms with Crippen LogP contribution in [-0.4, -0.2) is 12.1 Å². The standard InChI is InChI=1S/C24H25ClN2/c1-6-27-23-11-16(2)19(13-22(23)17(3)14-24(27,4)5)12-20(15-26)18-7-9-21(25)10-8-18/h7-14H,6H2,1-5H3/b20-12+. The van der Waals surface area contributed by atoms with E-state index >= 15 is 0 Å². The summed E-state index contributed by atoms with van der Waals surface area (Å²) >= 11 is 5.98. The fourth-order valence-electron chi connectivity index (χ4n) is 3.94. The zero-order valence-corrected chi connectivity index (χ0v) is 17.4. The highest BCUT2D eigenvalue weighted by Gasteiger charge is 2.30.